The summed E-state index contributed by atoms with van der Waals surface area (Å²) in [7, 11) is 0. The summed E-state index contributed by atoms with van der Waals surface area (Å²) in [6, 6.07) is 0.691. The van der Waals surface area contributed by atoms with Crippen LogP contribution in [0.2, 0.25) is 0 Å². The zero-order valence-electron chi connectivity index (χ0n) is 9.27. The first-order chi connectivity index (χ1) is 4.72. The van der Waals surface area contributed by atoms with E-state index >= 15 is 0 Å². The molecule has 0 rings (SSSR count). The van der Waals surface area contributed by atoms with E-state index in [-0.39, 0.29) is 26.9 Å². The van der Waals surface area contributed by atoms with Gasteiger partial charge in [0.25, 0.3) is 0 Å². The minimum absolute atomic E-state index is 0. The smallest absolute Gasteiger partial charge is 0.358 e. The Bertz CT molecular complexity index is 74.2. The fourth-order valence-corrected chi connectivity index (χ4v) is 1.10. The number of rotatable bonds is 5. The van der Waals surface area contributed by atoms with Crippen molar-refractivity contribution >= 4 is 0 Å². The maximum atomic E-state index is 3.82. The van der Waals surface area contributed by atoms with Gasteiger partial charge in [0.05, 0.1) is 0 Å². The molecule has 0 fully saturated rings. The summed E-state index contributed by atoms with van der Waals surface area (Å²) in [5.74, 6) is 0. The molecule has 0 heterocycles. The fourth-order valence-electron chi connectivity index (χ4n) is 1.10. The number of nitrogens with zero attached hydrogens (tertiary/aromatic N) is 1. The number of unbranched alkanes of at least 4 members (excludes halogenated alkanes) is 1. The van der Waals surface area contributed by atoms with Gasteiger partial charge in [0.2, 0.25) is 0 Å². The number of hydrogen-bond acceptors (Lipinski definition) is 1. The molecule has 12 heavy (non-hydrogen) atoms. The Morgan fingerprint density at radius 1 is 1.33 bits per heavy atom. The van der Waals surface area contributed by atoms with Crippen LogP contribution in [0.5, 0.6) is 0 Å². The first-order valence-corrected chi connectivity index (χ1v) is 4.25. The van der Waals surface area contributed by atoms with Crippen LogP contribution < -0.4 is 0 Å². The van der Waals surface area contributed by atoms with E-state index in [2.05, 4.69) is 32.6 Å². The Hall–Kier alpha value is 0.583. The van der Waals surface area contributed by atoms with E-state index in [9.17, 15) is 0 Å². The van der Waals surface area contributed by atoms with Crippen LogP contribution in [0.15, 0.2) is 0 Å². The quantitative estimate of drug-likeness (QED) is 0.511. The third kappa shape index (κ3) is 8.68. The van der Waals surface area contributed by atoms with Crippen LogP contribution >= 0.6 is 0 Å². The van der Waals surface area contributed by atoms with Gasteiger partial charge in [0.1, 0.15) is 0 Å². The van der Waals surface area contributed by atoms with Crippen LogP contribution in [-0.4, -0.2) is 24.0 Å². The Morgan fingerprint density at radius 2 is 1.83 bits per heavy atom. The van der Waals surface area contributed by atoms with Crippen LogP contribution in [0.25, 0.3) is 0 Å². The number of hydrogen-bond donors (Lipinski definition) is 0. The molecule has 0 aromatic rings. The maximum absolute atomic E-state index is 3.82. The molecule has 70 valence electrons. The third-order valence-corrected chi connectivity index (χ3v) is 1.83. The van der Waals surface area contributed by atoms with E-state index in [4.69, 9.17) is 0 Å². The Balaban J connectivity index is -0.000000405. The van der Waals surface area contributed by atoms with Gasteiger partial charge < -0.3 is 19.3 Å². The van der Waals surface area contributed by atoms with Crippen molar-refractivity contribution in [3.8, 4) is 0 Å². The van der Waals surface area contributed by atoms with Crippen molar-refractivity contribution < 1.29 is 19.5 Å². The molecule has 0 saturated carbocycles. The standard InChI is InChI=1S/C9H20N.CH3.Zn/c1-5-7-8-10(6-2)9(3)4;;/h9H,1,5-8H2,2-4H3;1H3;/q2*-1;+2. The molecule has 0 aromatic carbocycles. The summed E-state index contributed by atoms with van der Waals surface area (Å²) in [5.41, 5.74) is 0. The maximum Gasteiger partial charge on any atom is 2.00 e. The van der Waals surface area contributed by atoms with E-state index in [1.54, 1.807) is 0 Å². The summed E-state index contributed by atoms with van der Waals surface area (Å²) >= 11 is 0. The van der Waals surface area contributed by atoms with Crippen molar-refractivity contribution in [1.82, 2.24) is 4.90 Å². The molecule has 0 saturated heterocycles. The monoisotopic (exact) mass is 221 g/mol. The van der Waals surface area contributed by atoms with Crippen LogP contribution in [0.1, 0.15) is 33.6 Å². The molecule has 0 atom stereocenters. The average molecular weight is 223 g/mol. The van der Waals surface area contributed by atoms with Crippen molar-refractivity contribution in [3.63, 3.8) is 0 Å². The van der Waals surface area contributed by atoms with Gasteiger partial charge in [0, 0.05) is 6.04 Å². The Labute approximate surface area is 91.7 Å². The predicted molar refractivity (Wildman–Crippen MR) is 53.4 cm³/mol. The minimum Gasteiger partial charge on any atom is -0.358 e. The third-order valence-electron chi connectivity index (χ3n) is 1.83. The Kier molecular flexibility index (Phi) is 17.7. The molecule has 0 amide bonds. The first-order valence-electron chi connectivity index (χ1n) is 4.25. The normalized spacial score (nSPS) is 9.50. The van der Waals surface area contributed by atoms with E-state index in [1.165, 1.54) is 13.0 Å². The van der Waals surface area contributed by atoms with Crippen LogP contribution in [0.3, 0.4) is 0 Å². The molecule has 0 bridgehead atoms. The second-order valence-corrected chi connectivity index (χ2v) is 2.93. The average Bonchev–Trinajstić information content (AvgIpc) is 1.89. The summed E-state index contributed by atoms with van der Waals surface area (Å²) in [5, 5.41) is 0. The second-order valence-electron chi connectivity index (χ2n) is 2.93. The van der Waals surface area contributed by atoms with Crippen LogP contribution in [0.4, 0.5) is 0 Å². The molecule has 0 N–H and O–H groups in total. The summed E-state index contributed by atoms with van der Waals surface area (Å²) in [6.07, 6.45) is 2.29. The summed E-state index contributed by atoms with van der Waals surface area (Å²) in [4.78, 5) is 2.46. The van der Waals surface area contributed by atoms with Crippen molar-refractivity contribution in [2.45, 2.75) is 39.7 Å². The van der Waals surface area contributed by atoms with E-state index in [1.807, 2.05) is 0 Å². The van der Waals surface area contributed by atoms with Crippen molar-refractivity contribution in [3.05, 3.63) is 14.4 Å². The minimum atomic E-state index is 0. The van der Waals surface area contributed by atoms with Gasteiger partial charge in [0.15, 0.2) is 0 Å². The van der Waals surface area contributed by atoms with Crippen molar-refractivity contribution in [1.29, 1.82) is 0 Å². The fraction of sp³-hybridized carbons (Fsp3) is 0.800. The van der Waals surface area contributed by atoms with Gasteiger partial charge in [-0.2, -0.15) is 6.42 Å². The van der Waals surface area contributed by atoms with Crippen LogP contribution in [0, 0.1) is 14.4 Å². The van der Waals surface area contributed by atoms with E-state index in [0.29, 0.717) is 6.04 Å². The second kappa shape index (κ2) is 11.6. The molecule has 0 aliphatic rings. The first kappa shape index (κ1) is 18.4. The largest absolute Gasteiger partial charge is 2.00 e. The zero-order chi connectivity index (χ0) is 7.98. The Morgan fingerprint density at radius 3 is 2.08 bits per heavy atom. The molecule has 0 unspecified atom stereocenters. The molecule has 2 heteroatoms. The van der Waals surface area contributed by atoms with Crippen LogP contribution in [-0.2, 0) is 19.5 Å². The molecule has 0 spiro atoms. The van der Waals surface area contributed by atoms with Gasteiger partial charge >= 0.3 is 19.5 Å². The summed E-state index contributed by atoms with van der Waals surface area (Å²) in [6.45, 7) is 12.9. The van der Waals surface area contributed by atoms with Gasteiger partial charge in [-0.1, -0.05) is 13.3 Å². The van der Waals surface area contributed by atoms with Gasteiger partial charge in [-0.3, -0.25) is 0 Å². The van der Waals surface area contributed by atoms with Crippen molar-refractivity contribution in [2.75, 3.05) is 13.1 Å². The molecule has 0 radical (unpaired) electrons. The van der Waals surface area contributed by atoms with Gasteiger partial charge in [-0.15, -0.1) is 0 Å². The van der Waals surface area contributed by atoms with Gasteiger partial charge in [-0.25, -0.2) is 0 Å². The molecule has 0 aliphatic heterocycles. The molecule has 0 aliphatic carbocycles. The topological polar surface area (TPSA) is 3.24 Å². The van der Waals surface area contributed by atoms with Gasteiger partial charge in [-0.05, 0) is 26.9 Å². The summed E-state index contributed by atoms with van der Waals surface area (Å²) < 4.78 is 0. The van der Waals surface area contributed by atoms with E-state index in [0.717, 1.165) is 13.0 Å². The molecular formula is C10H23NZn. The molecule has 0 aromatic heterocycles. The molecule has 1 nitrogen and oxygen atoms in total. The zero-order valence-corrected chi connectivity index (χ0v) is 12.2. The SMILES string of the molecule is [CH2-]CCCN(CC)C(C)C.[CH3-].[Zn+2]. The van der Waals surface area contributed by atoms with E-state index < -0.39 is 0 Å². The predicted octanol–water partition coefficient (Wildman–Crippen LogP) is 2.78. The molecular weight excluding hydrogens is 200 g/mol. The van der Waals surface area contributed by atoms with Crippen molar-refractivity contribution in [2.24, 2.45) is 0 Å².